The fourth-order valence-corrected chi connectivity index (χ4v) is 0.699. The first-order valence-electron chi connectivity index (χ1n) is 5.97. The van der Waals surface area contributed by atoms with Crippen LogP contribution in [0, 0.1) is 5.92 Å². The highest BCUT2D eigenvalue weighted by molar-refractivity contribution is 4.56. The van der Waals surface area contributed by atoms with E-state index in [0.717, 1.165) is 12.8 Å². The summed E-state index contributed by atoms with van der Waals surface area (Å²) in [6.45, 7) is -0.505. The predicted molar refractivity (Wildman–Crippen MR) is 42.4 cm³/mol. The molecule has 0 heterocycles. The van der Waals surface area contributed by atoms with Gasteiger partial charge in [0, 0.05) is 6.85 Å². The lowest BCUT2D eigenvalue weighted by Gasteiger charge is -2.09. The average Bonchev–Trinajstić information content (AvgIpc) is 2.03. The predicted octanol–water partition coefficient (Wildman–Crippen LogP) is 2.16. The van der Waals surface area contributed by atoms with Gasteiger partial charge in [-0.15, -0.1) is 0 Å². The number of rotatable bonds is 5. The number of unbranched alkanes of at least 4 members (excludes halogenated alkanes) is 1. The third kappa shape index (κ3) is 4.46. The highest BCUT2D eigenvalue weighted by atomic mass is 14.5. The largest absolute Gasteiger partial charge is 0.330 e. The quantitative estimate of drug-likeness (QED) is 0.612. The van der Waals surface area contributed by atoms with Gasteiger partial charge in [0.1, 0.15) is 0 Å². The third-order valence-corrected chi connectivity index (χ3v) is 1.39. The minimum atomic E-state index is -2.58. The standard InChI is InChI=1S/C8H19N/c1-3-5-6-8(4-2)7-9/h8H,3-7,9H2,1-2H3/i2D3,4D2. The van der Waals surface area contributed by atoms with E-state index in [4.69, 9.17) is 12.6 Å². The van der Waals surface area contributed by atoms with E-state index in [-0.39, 0.29) is 6.54 Å². The lowest BCUT2D eigenvalue weighted by atomic mass is 10.00. The Hall–Kier alpha value is -0.0400. The van der Waals surface area contributed by atoms with Crippen LogP contribution >= 0.6 is 0 Å². The molecule has 56 valence electrons. The molecule has 0 amide bonds. The molecular formula is C8H19N. The van der Waals surface area contributed by atoms with Crippen molar-refractivity contribution in [2.45, 2.75) is 39.4 Å². The summed E-state index contributed by atoms with van der Waals surface area (Å²) in [5.74, 6) is -0.574. The Labute approximate surface area is 65.7 Å². The van der Waals surface area contributed by atoms with Crippen LogP contribution in [0.3, 0.4) is 0 Å². The summed E-state index contributed by atoms with van der Waals surface area (Å²) >= 11 is 0. The molecule has 0 aromatic heterocycles. The average molecular weight is 134 g/mol. The zero-order valence-electron chi connectivity index (χ0n) is 11.0. The van der Waals surface area contributed by atoms with Crippen LogP contribution in [0.4, 0.5) is 0 Å². The summed E-state index contributed by atoms with van der Waals surface area (Å²) in [6.07, 6.45) is 0.111. The van der Waals surface area contributed by atoms with Crippen molar-refractivity contribution in [2.24, 2.45) is 11.7 Å². The molecule has 0 rings (SSSR count). The van der Waals surface area contributed by atoms with Crippen molar-refractivity contribution in [3.8, 4) is 0 Å². The molecule has 0 aliphatic carbocycles. The minimum Gasteiger partial charge on any atom is -0.330 e. The number of hydrogen-bond acceptors (Lipinski definition) is 1. The first-order valence-corrected chi connectivity index (χ1v) is 3.47. The Morgan fingerprint density at radius 3 is 3.00 bits per heavy atom. The van der Waals surface area contributed by atoms with Gasteiger partial charge in [-0.05, 0) is 18.9 Å². The highest BCUT2D eigenvalue weighted by Crippen LogP contribution is 2.09. The molecule has 0 aliphatic rings. The lowest BCUT2D eigenvalue weighted by Crippen LogP contribution is -2.12. The first kappa shape index (κ1) is 3.38. The molecule has 0 aromatic carbocycles. The van der Waals surface area contributed by atoms with Crippen LogP contribution < -0.4 is 5.73 Å². The second-order valence-corrected chi connectivity index (χ2v) is 2.22. The fourth-order valence-electron chi connectivity index (χ4n) is 0.699. The zero-order chi connectivity index (χ0) is 11.4. The monoisotopic (exact) mass is 134 g/mol. The Kier molecular flexibility index (Phi) is 2.29. The van der Waals surface area contributed by atoms with Gasteiger partial charge in [-0.1, -0.05) is 33.0 Å². The van der Waals surface area contributed by atoms with Crippen molar-refractivity contribution in [3.63, 3.8) is 0 Å². The molecule has 9 heavy (non-hydrogen) atoms. The summed E-state index contributed by atoms with van der Waals surface area (Å²) in [5, 5.41) is 0. The molecule has 0 aliphatic heterocycles. The summed E-state index contributed by atoms with van der Waals surface area (Å²) in [7, 11) is 0. The molecule has 0 fully saturated rings. The van der Waals surface area contributed by atoms with E-state index in [2.05, 4.69) is 0 Å². The van der Waals surface area contributed by atoms with Gasteiger partial charge in [0.05, 0.1) is 0 Å². The molecule has 0 radical (unpaired) electrons. The molecule has 1 heteroatoms. The molecule has 1 nitrogen and oxygen atoms in total. The molecule has 1 unspecified atom stereocenters. The molecular weight excluding hydrogens is 110 g/mol. The SMILES string of the molecule is [2H]C([2H])([2H])C([2H])([2H])C(CN)CCCC. The normalized spacial score (nSPS) is 24.9. The Balaban J connectivity index is 4.49. The van der Waals surface area contributed by atoms with Gasteiger partial charge in [-0.3, -0.25) is 0 Å². The topological polar surface area (TPSA) is 26.0 Å². The Morgan fingerprint density at radius 2 is 2.56 bits per heavy atom. The second-order valence-electron chi connectivity index (χ2n) is 2.22. The molecule has 0 saturated carbocycles. The smallest absolute Gasteiger partial charge is 0.0267 e. The van der Waals surface area contributed by atoms with Crippen LogP contribution in [0.25, 0.3) is 0 Å². The summed E-state index contributed by atoms with van der Waals surface area (Å²) < 4.78 is 36.4. The van der Waals surface area contributed by atoms with Crippen molar-refractivity contribution in [3.05, 3.63) is 0 Å². The zero-order valence-corrected chi connectivity index (χ0v) is 5.98. The van der Waals surface area contributed by atoms with E-state index >= 15 is 0 Å². The van der Waals surface area contributed by atoms with E-state index < -0.39 is 19.1 Å². The molecule has 0 aromatic rings. The molecule has 0 spiro atoms. The number of hydrogen-bond donors (Lipinski definition) is 1. The van der Waals surface area contributed by atoms with Crippen LogP contribution in [-0.2, 0) is 0 Å². The Bertz CT molecular complexity index is 166. The second kappa shape index (κ2) is 6.09. The summed E-state index contributed by atoms with van der Waals surface area (Å²) in [4.78, 5) is 0. The summed E-state index contributed by atoms with van der Waals surface area (Å²) in [5.41, 5.74) is 5.41. The van der Waals surface area contributed by atoms with E-state index in [0.29, 0.717) is 6.42 Å². The van der Waals surface area contributed by atoms with Crippen molar-refractivity contribution in [1.82, 2.24) is 0 Å². The van der Waals surface area contributed by atoms with Crippen LogP contribution in [0.1, 0.15) is 46.3 Å². The van der Waals surface area contributed by atoms with Crippen molar-refractivity contribution < 1.29 is 6.85 Å². The van der Waals surface area contributed by atoms with E-state index in [1.54, 1.807) is 0 Å². The van der Waals surface area contributed by atoms with Gasteiger partial charge in [0.15, 0.2) is 0 Å². The van der Waals surface area contributed by atoms with E-state index in [1.807, 2.05) is 6.92 Å². The lowest BCUT2D eigenvalue weighted by molar-refractivity contribution is 0.461. The van der Waals surface area contributed by atoms with Gasteiger partial charge in [0.25, 0.3) is 0 Å². The van der Waals surface area contributed by atoms with E-state index in [9.17, 15) is 0 Å². The van der Waals surface area contributed by atoms with Gasteiger partial charge in [-0.2, -0.15) is 0 Å². The highest BCUT2D eigenvalue weighted by Gasteiger charge is 2.00. The molecule has 0 bridgehead atoms. The number of nitrogens with two attached hydrogens (primary N) is 1. The first-order chi connectivity index (χ1) is 6.27. The van der Waals surface area contributed by atoms with Crippen molar-refractivity contribution in [2.75, 3.05) is 6.54 Å². The van der Waals surface area contributed by atoms with Crippen LogP contribution in [0.5, 0.6) is 0 Å². The van der Waals surface area contributed by atoms with E-state index in [1.165, 1.54) is 0 Å². The van der Waals surface area contributed by atoms with Crippen molar-refractivity contribution in [1.29, 1.82) is 0 Å². The fraction of sp³-hybridized carbons (Fsp3) is 1.00. The van der Waals surface area contributed by atoms with Gasteiger partial charge in [0.2, 0.25) is 0 Å². The molecule has 0 saturated heterocycles. The van der Waals surface area contributed by atoms with Gasteiger partial charge >= 0.3 is 0 Å². The Morgan fingerprint density at radius 1 is 1.78 bits per heavy atom. The third-order valence-electron chi connectivity index (χ3n) is 1.39. The van der Waals surface area contributed by atoms with Gasteiger partial charge < -0.3 is 5.73 Å². The maximum absolute atomic E-state index is 7.54. The maximum Gasteiger partial charge on any atom is 0.0267 e. The van der Waals surface area contributed by atoms with Crippen molar-refractivity contribution >= 4 is 0 Å². The van der Waals surface area contributed by atoms with Crippen LogP contribution in [0.2, 0.25) is 0 Å². The van der Waals surface area contributed by atoms with Gasteiger partial charge in [-0.25, -0.2) is 0 Å². The van der Waals surface area contributed by atoms with Crippen LogP contribution in [0.15, 0.2) is 0 Å². The maximum atomic E-state index is 7.54. The molecule has 1 atom stereocenters. The molecule has 2 N–H and O–H groups in total. The van der Waals surface area contributed by atoms with Crippen LogP contribution in [-0.4, -0.2) is 6.54 Å². The summed E-state index contributed by atoms with van der Waals surface area (Å²) in [6, 6.07) is 0. The minimum absolute atomic E-state index is 0.0887.